The summed E-state index contributed by atoms with van der Waals surface area (Å²) in [5, 5.41) is 0. The zero-order valence-electron chi connectivity index (χ0n) is 16.1. The van der Waals surface area contributed by atoms with E-state index in [9.17, 15) is 14.4 Å². The number of ketones is 1. The average molecular weight is 382 g/mol. The van der Waals surface area contributed by atoms with E-state index in [4.69, 9.17) is 9.47 Å². The predicted octanol–water partition coefficient (Wildman–Crippen LogP) is 2.68. The van der Waals surface area contributed by atoms with Gasteiger partial charge in [0, 0.05) is 24.7 Å². The van der Waals surface area contributed by atoms with Crippen LogP contribution in [0.2, 0.25) is 0 Å². The van der Waals surface area contributed by atoms with Crippen molar-refractivity contribution in [1.82, 2.24) is 9.13 Å². The third-order valence-electron chi connectivity index (χ3n) is 4.67. The molecule has 2 aromatic carbocycles. The molecule has 0 saturated carbocycles. The molecule has 28 heavy (non-hydrogen) atoms. The Balaban J connectivity index is 1.68. The van der Waals surface area contributed by atoms with Crippen molar-refractivity contribution in [3.05, 3.63) is 64.1 Å². The van der Waals surface area contributed by atoms with E-state index in [1.165, 1.54) is 14.0 Å². The lowest BCUT2D eigenvalue weighted by Crippen LogP contribution is -2.23. The molecule has 0 spiro atoms. The fraction of sp³-hybridized carbons (Fsp3) is 0.286. The molecular weight excluding hydrogens is 360 g/mol. The number of methoxy groups -OCH3 is 1. The SMILES string of the molecule is COc1ccc(C(C)=O)cc1COC(=O)CCn1c(=O)n(C)c2ccccc21. The van der Waals surface area contributed by atoms with Gasteiger partial charge in [0.25, 0.3) is 0 Å². The second-order valence-corrected chi connectivity index (χ2v) is 6.48. The molecule has 7 nitrogen and oxygen atoms in total. The van der Waals surface area contributed by atoms with Crippen molar-refractivity contribution in [3.8, 4) is 5.75 Å². The summed E-state index contributed by atoms with van der Waals surface area (Å²) in [5.74, 6) is 0.0312. The summed E-state index contributed by atoms with van der Waals surface area (Å²) < 4.78 is 13.7. The molecule has 0 saturated heterocycles. The number of fused-ring (bicyclic) bond motifs is 1. The zero-order chi connectivity index (χ0) is 20.3. The number of nitrogens with zero attached hydrogens (tertiary/aromatic N) is 2. The third kappa shape index (κ3) is 3.83. The van der Waals surface area contributed by atoms with Crippen molar-refractivity contribution >= 4 is 22.8 Å². The quantitative estimate of drug-likeness (QED) is 0.464. The molecule has 3 aromatic rings. The number of esters is 1. The number of rotatable bonds is 7. The van der Waals surface area contributed by atoms with Crippen LogP contribution in [0.3, 0.4) is 0 Å². The first-order chi connectivity index (χ1) is 13.4. The lowest BCUT2D eigenvalue weighted by molar-refractivity contribution is -0.145. The summed E-state index contributed by atoms with van der Waals surface area (Å²) >= 11 is 0. The molecule has 0 amide bonds. The van der Waals surface area contributed by atoms with Crippen LogP contribution < -0.4 is 10.4 Å². The van der Waals surface area contributed by atoms with Crippen molar-refractivity contribution < 1.29 is 19.1 Å². The number of Topliss-reactive ketones (excluding diaryl/α,β-unsaturated/α-hetero) is 1. The van der Waals surface area contributed by atoms with Gasteiger partial charge in [-0.05, 0) is 37.3 Å². The van der Waals surface area contributed by atoms with Crippen molar-refractivity contribution in [2.75, 3.05) is 7.11 Å². The van der Waals surface area contributed by atoms with Gasteiger partial charge in [0.05, 0.1) is 24.6 Å². The molecule has 0 fully saturated rings. The minimum atomic E-state index is -0.435. The van der Waals surface area contributed by atoms with Crippen LogP contribution >= 0.6 is 0 Å². The van der Waals surface area contributed by atoms with E-state index < -0.39 is 5.97 Å². The molecule has 0 N–H and O–H groups in total. The summed E-state index contributed by atoms with van der Waals surface area (Å²) in [6, 6.07) is 12.4. The highest BCUT2D eigenvalue weighted by atomic mass is 16.5. The summed E-state index contributed by atoms with van der Waals surface area (Å²) in [5.41, 5.74) is 2.55. The zero-order valence-corrected chi connectivity index (χ0v) is 16.1. The lowest BCUT2D eigenvalue weighted by atomic mass is 10.1. The Morgan fingerprint density at radius 2 is 1.79 bits per heavy atom. The molecular formula is C21H22N2O5. The van der Waals surface area contributed by atoms with Gasteiger partial charge in [-0.3, -0.25) is 18.7 Å². The fourth-order valence-electron chi connectivity index (χ4n) is 3.12. The van der Waals surface area contributed by atoms with Gasteiger partial charge in [-0.25, -0.2) is 4.79 Å². The Morgan fingerprint density at radius 3 is 2.46 bits per heavy atom. The van der Waals surface area contributed by atoms with Gasteiger partial charge in [0.1, 0.15) is 12.4 Å². The number of para-hydroxylation sites is 2. The summed E-state index contributed by atoms with van der Waals surface area (Å²) in [4.78, 5) is 36.2. The summed E-state index contributed by atoms with van der Waals surface area (Å²) in [6.07, 6.45) is 0.0582. The van der Waals surface area contributed by atoms with Crippen LogP contribution in [0.5, 0.6) is 5.75 Å². The molecule has 0 bridgehead atoms. The molecule has 3 rings (SSSR count). The molecule has 0 aliphatic rings. The Kier molecular flexibility index (Phi) is 5.63. The van der Waals surface area contributed by atoms with Gasteiger partial charge < -0.3 is 9.47 Å². The van der Waals surface area contributed by atoms with Crippen LogP contribution in [0, 0.1) is 0 Å². The summed E-state index contributed by atoms with van der Waals surface area (Å²) in [6.45, 7) is 1.69. The van der Waals surface area contributed by atoms with Gasteiger partial charge in [0.15, 0.2) is 5.78 Å². The van der Waals surface area contributed by atoms with E-state index >= 15 is 0 Å². The minimum absolute atomic E-state index is 0.00639. The van der Waals surface area contributed by atoms with Crippen LogP contribution in [0.15, 0.2) is 47.3 Å². The fourth-order valence-corrected chi connectivity index (χ4v) is 3.12. The number of aryl methyl sites for hydroxylation is 2. The van der Waals surface area contributed by atoms with Crippen molar-refractivity contribution in [1.29, 1.82) is 0 Å². The molecule has 0 radical (unpaired) electrons. The smallest absolute Gasteiger partial charge is 0.328 e. The van der Waals surface area contributed by atoms with Gasteiger partial charge >= 0.3 is 11.7 Å². The topological polar surface area (TPSA) is 79.5 Å². The first-order valence-electron chi connectivity index (χ1n) is 8.90. The van der Waals surface area contributed by atoms with Gasteiger partial charge in [-0.1, -0.05) is 12.1 Å². The van der Waals surface area contributed by atoms with Crippen molar-refractivity contribution in [2.24, 2.45) is 7.05 Å². The molecule has 0 unspecified atom stereocenters. The Hall–Kier alpha value is -3.35. The number of ether oxygens (including phenoxy) is 2. The van der Waals surface area contributed by atoms with Crippen LogP contribution in [-0.4, -0.2) is 28.0 Å². The first-order valence-corrected chi connectivity index (χ1v) is 8.90. The number of carbonyl (C=O) groups is 2. The highest BCUT2D eigenvalue weighted by molar-refractivity contribution is 5.94. The van der Waals surface area contributed by atoms with Crippen molar-refractivity contribution in [3.63, 3.8) is 0 Å². The van der Waals surface area contributed by atoms with Gasteiger partial charge in [-0.15, -0.1) is 0 Å². The number of hydrogen-bond acceptors (Lipinski definition) is 5. The van der Waals surface area contributed by atoms with Crippen LogP contribution in [0.1, 0.15) is 29.3 Å². The van der Waals surface area contributed by atoms with E-state index in [-0.39, 0.29) is 31.0 Å². The van der Waals surface area contributed by atoms with Crippen LogP contribution in [0.4, 0.5) is 0 Å². The Labute approximate surface area is 162 Å². The molecule has 7 heteroatoms. The molecule has 0 atom stereocenters. The standard InChI is InChI=1S/C21H22N2O5/c1-14(24)15-8-9-19(27-3)16(12-15)13-28-20(25)10-11-23-18-7-5-4-6-17(18)22(2)21(23)26/h4-9,12H,10-11,13H2,1-3H3. The van der Waals surface area contributed by atoms with Crippen molar-refractivity contribution in [2.45, 2.75) is 26.5 Å². The number of hydrogen-bond donors (Lipinski definition) is 0. The maximum absolute atomic E-state index is 12.4. The Bertz CT molecular complexity index is 1090. The molecule has 1 aromatic heterocycles. The highest BCUT2D eigenvalue weighted by Gasteiger charge is 2.13. The highest BCUT2D eigenvalue weighted by Crippen LogP contribution is 2.21. The number of imidazole rings is 1. The van der Waals surface area contributed by atoms with Crippen LogP contribution in [0.25, 0.3) is 11.0 Å². The average Bonchev–Trinajstić information content (AvgIpc) is 2.95. The number of aromatic nitrogens is 2. The first kappa shape index (κ1) is 19.4. The molecule has 146 valence electrons. The molecule has 1 heterocycles. The lowest BCUT2D eigenvalue weighted by Gasteiger charge is -2.11. The largest absolute Gasteiger partial charge is 0.496 e. The van der Waals surface area contributed by atoms with E-state index in [1.54, 1.807) is 34.4 Å². The summed E-state index contributed by atoms with van der Waals surface area (Å²) in [7, 11) is 3.22. The van der Waals surface area contributed by atoms with E-state index in [2.05, 4.69) is 0 Å². The third-order valence-corrected chi connectivity index (χ3v) is 4.67. The number of carbonyl (C=O) groups excluding carboxylic acids is 2. The predicted molar refractivity (Wildman–Crippen MR) is 105 cm³/mol. The number of benzene rings is 2. The van der Waals surface area contributed by atoms with E-state index in [0.29, 0.717) is 16.9 Å². The minimum Gasteiger partial charge on any atom is -0.496 e. The van der Waals surface area contributed by atoms with E-state index in [0.717, 1.165) is 11.0 Å². The monoisotopic (exact) mass is 382 g/mol. The maximum atomic E-state index is 12.4. The van der Waals surface area contributed by atoms with E-state index in [1.807, 2.05) is 24.3 Å². The maximum Gasteiger partial charge on any atom is 0.328 e. The second kappa shape index (κ2) is 8.12. The van der Waals surface area contributed by atoms with Crippen LogP contribution in [-0.2, 0) is 29.7 Å². The normalized spacial score (nSPS) is 10.8. The second-order valence-electron chi connectivity index (χ2n) is 6.48. The Morgan fingerprint density at radius 1 is 1.07 bits per heavy atom. The molecule has 0 aliphatic carbocycles. The van der Waals surface area contributed by atoms with Gasteiger partial charge in [0.2, 0.25) is 0 Å². The van der Waals surface area contributed by atoms with Gasteiger partial charge in [-0.2, -0.15) is 0 Å². The molecule has 0 aliphatic heterocycles.